The van der Waals surface area contributed by atoms with E-state index in [0.29, 0.717) is 47.9 Å². The Labute approximate surface area is 279 Å². The number of rotatable bonds is 10. The van der Waals surface area contributed by atoms with Crippen LogP contribution in [0.1, 0.15) is 21.5 Å². The van der Waals surface area contributed by atoms with Crippen LogP contribution in [-0.2, 0) is 11.2 Å². The first-order valence-electron chi connectivity index (χ1n) is 13.2. The summed E-state index contributed by atoms with van der Waals surface area (Å²) in [5, 5.41) is 20.4. The largest absolute Gasteiger partial charge is 0.362 e. The number of nitrogens with zero attached hydrogens (tertiary/aromatic N) is 2. The van der Waals surface area contributed by atoms with Gasteiger partial charge in [-0.3, -0.25) is 24.7 Å². The van der Waals surface area contributed by atoms with Gasteiger partial charge in [0.25, 0.3) is 11.6 Å². The average Bonchev–Trinajstić information content (AvgIpc) is 2.99. The van der Waals surface area contributed by atoms with E-state index < -0.39 is 11.1 Å². The molecule has 0 saturated carbocycles. The van der Waals surface area contributed by atoms with Crippen molar-refractivity contribution in [2.75, 3.05) is 17.2 Å². The van der Waals surface area contributed by atoms with Crippen LogP contribution in [0.4, 0.5) is 22.7 Å². The number of carbonyl (C=O) groups excluding carboxylic acids is 2. The maximum atomic E-state index is 13.8. The molecule has 0 spiro atoms. The van der Waals surface area contributed by atoms with E-state index in [1.807, 2.05) is 30.3 Å². The van der Waals surface area contributed by atoms with Crippen LogP contribution in [0.15, 0.2) is 93.9 Å². The van der Waals surface area contributed by atoms with E-state index in [0.717, 1.165) is 11.3 Å². The first-order valence-corrected chi connectivity index (χ1v) is 15.5. The summed E-state index contributed by atoms with van der Waals surface area (Å²) >= 11 is 19.8. The smallest absolute Gasteiger partial charge is 0.276 e. The Hall–Kier alpha value is -3.74. The lowest BCUT2D eigenvalue weighted by atomic mass is 10.0. The number of hydrogen-bond acceptors (Lipinski definition) is 7. The minimum Gasteiger partial charge on any atom is -0.362 e. The standard InChI is InChI=1S/C31H23Br2Cl2N5O4/c32-20-15-22-29(23(33)16-20)38-28(14-19-7-1-3-10-26(19)37-30-24(34)8-5-9-25(30)35)39(31(22)42)36-17-21(41)13-12-18-6-2-4-11-27(18)40(43)44/h1-13,15-16,28,36-38H,14,17H2/b13-12+. The molecule has 1 aliphatic rings. The van der Waals surface area contributed by atoms with Gasteiger partial charge in [0, 0.05) is 27.1 Å². The Morgan fingerprint density at radius 3 is 2.48 bits per heavy atom. The first kappa shape index (κ1) is 31.7. The molecule has 0 bridgehead atoms. The SMILES string of the molecule is O=C(/C=C/c1ccccc1[N+](=O)[O-])CNN1C(=O)c2cc(Br)cc(Br)c2NC1Cc1ccccc1Nc1c(Cl)cccc1Cl. The van der Waals surface area contributed by atoms with Gasteiger partial charge in [0.1, 0.15) is 6.17 Å². The van der Waals surface area contributed by atoms with Crippen molar-refractivity contribution in [2.24, 2.45) is 0 Å². The molecule has 13 heteroatoms. The van der Waals surface area contributed by atoms with Crippen LogP contribution in [0.2, 0.25) is 10.0 Å². The predicted molar refractivity (Wildman–Crippen MR) is 180 cm³/mol. The Morgan fingerprint density at radius 1 is 1.02 bits per heavy atom. The van der Waals surface area contributed by atoms with Gasteiger partial charge in [-0.1, -0.05) is 75.5 Å². The lowest BCUT2D eigenvalue weighted by Crippen LogP contribution is -2.57. The third-order valence-corrected chi connectivity index (χ3v) is 8.50. The van der Waals surface area contributed by atoms with Gasteiger partial charge in [-0.2, -0.15) is 0 Å². The average molecular weight is 760 g/mol. The molecule has 1 unspecified atom stereocenters. The van der Waals surface area contributed by atoms with Crippen molar-refractivity contribution in [3.8, 4) is 0 Å². The molecule has 0 aliphatic carbocycles. The quantitative estimate of drug-likeness (QED) is 0.0845. The molecule has 1 aliphatic heterocycles. The van der Waals surface area contributed by atoms with Crippen molar-refractivity contribution in [2.45, 2.75) is 12.6 Å². The molecule has 4 aromatic carbocycles. The molecule has 0 fully saturated rings. The minimum atomic E-state index is -0.621. The van der Waals surface area contributed by atoms with Crippen molar-refractivity contribution in [3.63, 3.8) is 0 Å². The highest BCUT2D eigenvalue weighted by Crippen LogP contribution is 2.37. The summed E-state index contributed by atoms with van der Waals surface area (Å²) in [5.41, 5.74) is 6.31. The van der Waals surface area contributed by atoms with E-state index in [2.05, 4.69) is 47.9 Å². The molecular weight excluding hydrogens is 737 g/mol. The highest BCUT2D eigenvalue weighted by atomic mass is 79.9. The number of nitro groups is 1. The van der Waals surface area contributed by atoms with Gasteiger partial charge in [0.15, 0.2) is 5.78 Å². The van der Waals surface area contributed by atoms with Crippen LogP contribution < -0.4 is 16.1 Å². The number of amides is 1. The molecule has 1 atom stereocenters. The number of halogens is 4. The minimum absolute atomic E-state index is 0.113. The second kappa shape index (κ2) is 13.9. The highest BCUT2D eigenvalue weighted by molar-refractivity contribution is 9.11. The number of ketones is 1. The highest BCUT2D eigenvalue weighted by Gasteiger charge is 2.34. The third-order valence-electron chi connectivity index (χ3n) is 6.79. The summed E-state index contributed by atoms with van der Waals surface area (Å²) in [6.07, 6.45) is 2.34. The molecule has 0 aromatic heterocycles. The monoisotopic (exact) mass is 757 g/mol. The molecule has 1 heterocycles. The first-order chi connectivity index (χ1) is 21.1. The van der Waals surface area contributed by atoms with Gasteiger partial charge in [0.2, 0.25) is 0 Å². The van der Waals surface area contributed by atoms with E-state index in [-0.39, 0.29) is 23.9 Å². The third kappa shape index (κ3) is 7.14. The van der Waals surface area contributed by atoms with Gasteiger partial charge in [-0.05, 0) is 70.0 Å². The molecule has 0 saturated heterocycles. The summed E-state index contributed by atoms with van der Waals surface area (Å²) in [6.45, 7) is -0.235. The number of hydrazine groups is 1. The predicted octanol–water partition coefficient (Wildman–Crippen LogP) is 8.39. The maximum Gasteiger partial charge on any atom is 0.276 e. The molecule has 1 amide bonds. The van der Waals surface area contributed by atoms with Gasteiger partial charge >= 0.3 is 0 Å². The lowest BCUT2D eigenvalue weighted by molar-refractivity contribution is -0.385. The zero-order valence-electron chi connectivity index (χ0n) is 22.7. The van der Waals surface area contributed by atoms with E-state index >= 15 is 0 Å². The fourth-order valence-electron chi connectivity index (χ4n) is 4.70. The van der Waals surface area contributed by atoms with Gasteiger partial charge in [-0.15, -0.1) is 0 Å². The molecule has 44 heavy (non-hydrogen) atoms. The zero-order valence-corrected chi connectivity index (χ0v) is 27.4. The Balaban J connectivity index is 1.41. The fraction of sp³-hybridized carbons (Fsp3) is 0.0968. The number of benzene rings is 4. The molecule has 4 aromatic rings. The number of nitro benzene ring substituents is 1. The topological polar surface area (TPSA) is 117 Å². The van der Waals surface area contributed by atoms with Crippen molar-refractivity contribution >= 4 is 95.6 Å². The molecule has 5 rings (SSSR count). The zero-order chi connectivity index (χ0) is 31.4. The van der Waals surface area contributed by atoms with Crippen LogP contribution in [0.3, 0.4) is 0 Å². The number of fused-ring (bicyclic) bond motifs is 1. The summed E-state index contributed by atoms with van der Waals surface area (Å²) in [5.74, 6) is -0.729. The Bertz CT molecular complexity index is 1780. The summed E-state index contributed by atoms with van der Waals surface area (Å²) in [4.78, 5) is 37.5. The number of para-hydroxylation sites is 3. The van der Waals surface area contributed by atoms with Crippen molar-refractivity contribution in [3.05, 3.63) is 131 Å². The van der Waals surface area contributed by atoms with Crippen LogP contribution in [-0.4, -0.2) is 34.3 Å². The molecular formula is C31H23Br2Cl2N5O4. The number of nitrogens with one attached hydrogen (secondary N) is 3. The normalized spacial score (nSPS) is 14.3. The second-order valence-electron chi connectivity index (χ2n) is 9.68. The van der Waals surface area contributed by atoms with Crippen molar-refractivity contribution < 1.29 is 14.5 Å². The van der Waals surface area contributed by atoms with Crippen LogP contribution in [0, 0.1) is 10.1 Å². The second-order valence-corrected chi connectivity index (χ2v) is 12.3. The van der Waals surface area contributed by atoms with Gasteiger partial charge < -0.3 is 10.6 Å². The van der Waals surface area contributed by atoms with Gasteiger partial charge in [-0.25, -0.2) is 5.43 Å². The summed E-state index contributed by atoms with van der Waals surface area (Å²) in [7, 11) is 0. The van der Waals surface area contributed by atoms with E-state index in [4.69, 9.17) is 23.2 Å². The number of hydrogen-bond donors (Lipinski definition) is 3. The van der Waals surface area contributed by atoms with Crippen molar-refractivity contribution in [1.82, 2.24) is 10.4 Å². The van der Waals surface area contributed by atoms with E-state index in [1.165, 1.54) is 23.2 Å². The Kier molecular flexibility index (Phi) is 10.0. The van der Waals surface area contributed by atoms with E-state index in [9.17, 15) is 19.7 Å². The fourth-order valence-corrected chi connectivity index (χ4v) is 6.53. The Morgan fingerprint density at radius 2 is 1.73 bits per heavy atom. The van der Waals surface area contributed by atoms with Crippen molar-refractivity contribution in [1.29, 1.82) is 0 Å². The number of anilines is 3. The number of carbonyl (C=O) groups is 2. The molecule has 3 N–H and O–H groups in total. The summed E-state index contributed by atoms with van der Waals surface area (Å²) < 4.78 is 1.39. The lowest BCUT2D eigenvalue weighted by Gasteiger charge is -2.38. The summed E-state index contributed by atoms with van der Waals surface area (Å²) in [6, 6.07) is 22.5. The van der Waals surface area contributed by atoms with Crippen LogP contribution in [0.5, 0.6) is 0 Å². The van der Waals surface area contributed by atoms with Gasteiger partial charge in [0.05, 0.1) is 44.0 Å². The molecule has 0 radical (unpaired) electrons. The van der Waals surface area contributed by atoms with Crippen LogP contribution >= 0.6 is 55.1 Å². The molecule has 9 nitrogen and oxygen atoms in total. The molecule has 224 valence electrons. The van der Waals surface area contributed by atoms with E-state index in [1.54, 1.807) is 42.5 Å². The van der Waals surface area contributed by atoms with Crippen LogP contribution in [0.25, 0.3) is 6.08 Å². The maximum absolute atomic E-state index is 13.8.